The van der Waals surface area contributed by atoms with E-state index < -0.39 is 0 Å². The molecule has 0 aromatic heterocycles. The fourth-order valence-corrected chi connectivity index (χ4v) is 4.96. The van der Waals surface area contributed by atoms with E-state index >= 15 is 0 Å². The highest BCUT2D eigenvalue weighted by Crippen LogP contribution is 2.26. The van der Waals surface area contributed by atoms with Gasteiger partial charge in [0.05, 0.1) is 6.04 Å². The molecule has 0 saturated carbocycles. The van der Waals surface area contributed by atoms with Gasteiger partial charge in [0.15, 0.2) is 0 Å². The van der Waals surface area contributed by atoms with E-state index in [0.717, 1.165) is 24.9 Å². The molecule has 0 bridgehead atoms. The van der Waals surface area contributed by atoms with Crippen LogP contribution >= 0.6 is 0 Å². The molecule has 2 aromatic rings. The minimum absolute atomic E-state index is 0.302. The summed E-state index contributed by atoms with van der Waals surface area (Å²) >= 11 is 0. The molecule has 1 atom stereocenters. The Bertz CT molecular complexity index is 735. The lowest BCUT2D eigenvalue weighted by Gasteiger charge is -2.45. The monoisotopic (exact) mass is 407 g/mol. The van der Waals surface area contributed by atoms with Crippen LogP contribution in [0.2, 0.25) is 0 Å². The third-order valence-corrected chi connectivity index (χ3v) is 6.87. The third kappa shape index (κ3) is 5.42. The summed E-state index contributed by atoms with van der Waals surface area (Å²) in [4.78, 5) is 7.99. The van der Waals surface area contributed by atoms with Gasteiger partial charge in [-0.25, -0.2) is 0 Å². The highest BCUT2D eigenvalue weighted by molar-refractivity contribution is 5.23. The molecule has 4 nitrogen and oxygen atoms in total. The van der Waals surface area contributed by atoms with Gasteiger partial charge in [-0.2, -0.15) is 0 Å². The van der Waals surface area contributed by atoms with Crippen LogP contribution in [0.5, 0.6) is 5.75 Å². The smallest absolute Gasteiger partial charge is 0.119 e. The van der Waals surface area contributed by atoms with Gasteiger partial charge in [0.25, 0.3) is 0 Å². The Morgan fingerprint density at radius 2 is 1.37 bits per heavy atom. The maximum absolute atomic E-state index is 6.19. The van der Waals surface area contributed by atoms with Crippen LogP contribution in [-0.4, -0.2) is 72.7 Å². The Balaban J connectivity index is 1.35. The number of para-hydroxylation sites is 1. The van der Waals surface area contributed by atoms with E-state index in [1.807, 2.05) is 30.3 Å². The molecule has 2 fully saturated rings. The maximum atomic E-state index is 6.19. The zero-order valence-corrected chi connectivity index (χ0v) is 18.6. The predicted octanol–water partition coefficient (Wildman–Crippen LogP) is 4.30. The van der Waals surface area contributed by atoms with E-state index in [2.05, 4.69) is 58.9 Å². The van der Waals surface area contributed by atoms with E-state index in [1.54, 1.807) is 0 Å². The molecule has 4 rings (SSSR count). The van der Waals surface area contributed by atoms with Gasteiger partial charge in [-0.05, 0) is 57.5 Å². The fourth-order valence-electron chi connectivity index (χ4n) is 4.96. The Labute approximate surface area is 182 Å². The second-order valence-electron chi connectivity index (χ2n) is 8.98. The van der Waals surface area contributed by atoms with Crippen molar-refractivity contribution >= 4 is 0 Å². The van der Waals surface area contributed by atoms with Crippen LogP contribution < -0.4 is 4.74 Å². The van der Waals surface area contributed by atoms with E-state index in [4.69, 9.17) is 4.74 Å². The lowest BCUT2D eigenvalue weighted by atomic mass is 10.00. The van der Waals surface area contributed by atoms with Gasteiger partial charge < -0.3 is 9.64 Å². The molecule has 0 aliphatic carbocycles. The van der Waals surface area contributed by atoms with Crippen LogP contribution in [0.25, 0.3) is 0 Å². The van der Waals surface area contributed by atoms with Crippen molar-refractivity contribution in [3.63, 3.8) is 0 Å². The summed E-state index contributed by atoms with van der Waals surface area (Å²) in [6, 6.07) is 22.8. The Morgan fingerprint density at radius 1 is 0.767 bits per heavy atom. The molecule has 0 radical (unpaired) electrons. The van der Waals surface area contributed by atoms with Crippen LogP contribution in [0.4, 0.5) is 0 Å². The number of rotatable bonds is 7. The number of hydrogen-bond donors (Lipinski definition) is 0. The first-order chi connectivity index (χ1) is 14.7. The molecule has 2 saturated heterocycles. The fraction of sp³-hybridized carbons (Fsp3) is 0.538. The minimum Gasteiger partial charge on any atom is -0.492 e. The molecule has 30 heavy (non-hydrogen) atoms. The largest absolute Gasteiger partial charge is 0.492 e. The number of ether oxygens (including phenoxy) is 1. The first-order valence-corrected chi connectivity index (χ1v) is 11.7. The van der Waals surface area contributed by atoms with Crippen molar-refractivity contribution in [2.45, 2.75) is 44.8 Å². The summed E-state index contributed by atoms with van der Waals surface area (Å²) in [6.45, 7) is 12.4. The van der Waals surface area contributed by atoms with Crippen molar-refractivity contribution in [2.24, 2.45) is 0 Å². The standard InChI is InChI=1S/C26H37N3O/c1-22(2)27-15-13-24(14-16-27)28-17-19-29(20-18-28)26(23-9-5-3-6-10-23)21-30-25-11-7-4-8-12-25/h3-12,22,24,26H,13-21H2,1-2H3. The van der Waals surface area contributed by atoms with Crippen molar-refractivity contribution in [2.75, 3.05) is 45.9 Å². The van der Waals surface area contributed by atoms with Crippen molar-refractivity contribution in [1.82, 2.24) is 14.7 Å². The second-order valence-corrected chi connectivity index (χ2v) is 8.98. The van der Waals surface area contributed by atoms with E-state index in [0.29, 0.717) is 18.7 Å². The van der Waals surface area contributed by atoms with Gasteiger partial charge in [0.1, 0.15) is 12.4 Å². The van der Waals surface area contributed by atoms with Gasteiger partial charge in [-0.1, -0.05) is 48.5 Å². The Morgan fingerprint density at radius 3 is 1.97 bits per heavy atom. The Hall–Kier alpha value is -1.88. The Kier molecular flexibility index (Phi) is 7.42. The molecule has 1 unspecified atom stereocenters. The zero-order valence-electron chi connectivity index (χ0n) is 18.6. The first-order valence-electron chi connectivity index (χ1n) is 11.7. The number of benzene rings is 2. The SMILES string of the molecule is CC(C)N1CCC(N2CCN(C(COc3ccccc3)c3ccccc3)CC2)CC1. The van der Waals surface area contributed by atoms with Crippen LogP contribution in [-0.2, 0) is 0 Å². The lowest BCUT2D eigenvalue weighted by Crippen LogP contribution is -2.54. The summed E-state index contributed by atoms with van der Waals surface area (Å²) in [6.07, 6.45) is 2.63. The van der Waals surface area contributed by atoms with E-state index in [-0.39, 0.29) is 0 Å². The molecular formula is C26H37N3O. The molecule has 162 valence electrons. The molecule has 2 heterocycles. The van der Waals surface area contributed by atoms with Crippen molar-refractivity contribution < 1.29 is 4.74 Å². The topological polar surface area (TPSA) is 19.0 Å². The molecule has 0 amide bonds. The van der Waals surface area contributed by atoms with Gasteiger partial charge in [-0.15, -0.1) is 0 Å². The van der Waals surface area contributed by atoms with Gasteiger partial charge in [0.2, 0.25) is 0 Å². The van der Waals surface area contributed by atoms with Gasteiger partial charge in [0, 0.05) is 38.3 Å². The third-order valence-electron chi connectivity index (χ3n) is 6.87. The molecular weight excluding hydrogens is 370 g/mol. The van der Waals surface area contributed by atoms with Crippen molar-refractivity contribution in [3.05, 3.63) is 66.2 Å². The number of piperazine rings is 1. The van der Waals surface area contributed by atoms with Crippen LogP contribution in [0.15, 0.2) is 60.7 Å². The quantitative estimate of drug-likeness (QED) is 0.681. The second kappa shape index (κ2) is 10.4. The predicted molar refractivity (Wildman–Crippen MR) is 124 cm³/mol. The first kappa shape index (κ1) is 21.4. The van der Waals surface area contributed by atoms with Crippen LogP contribution in [0, 0.1) is 0 Å². The summed E-state index contributed by atoms with van der Waals surface area (Å²) in [7, 11) is 0. The van der Waals surface area contributed by atoms with E-state index in [1.165, 1.54) is 44.6 Å². The molecule has 2 aliphatic heterocycles. The van der Waals surface area contributed by atoms with E-state index in [9.17, 15) is 0 Å². The summed E-state index contributed by atoms with van der Waals surface area (Å²) in [5.74, 6) is 0.953. The lowest BCUT2D eigenvalue weighted by molar-refractivity contribution is 0.0273. The molecule has 4 heteroatoms. The number of nitrogens with zero attached hydrogens (tertiary/aromatic N) is 3. The number of likely N-dealkylation sites (tertiary alicyclic amines) is 1. The maximum Gasteiger partial charge on any atom is 0.119 e. The number of piperidine rings is 1. The van der Waals surface area contributed by atoms with Gasteiger partial charge >= 0.3 is 0 Å². The zero-order chi connectivity index (χ0) is 20.8. The van der Waals surface area contributed by atoms with Crippen LogP contribution in [0.1, 0.15) is 38.3 Å². The number of hydrogen-bond acceptors (Lipinski definition) is 4. The average Bonchev–Trinajstić information content (AvgIpc) is 2.81. The van der Waals surface area contributed by atoms with Gasteiger partial charge in [-0.3, -0.25) is 9.80 Å². The molecule has 0 N–H and O–H groups in total. The van der Waals surface area contributed by atoms with Crippen molar-refractivity contribution in [1.29, 1.82) is 0 Å². The molecule has 0 spiro atoms. The molecule has 2 aliphatic rings. The highest BCUT2D eigenvalue weighted by atomic mass is 16.5. The summed E-state index contributed by atoms with van der Waals surface area (Å²) in [5.41, 5.74) is 1.35. The average molecular weight is 408 g/mol. The normalized spacial score (nSPS) is 21.0. The van der Waals surface area contributed by atoms with Crippen molar-refractivity contribution in [3.8, 4) is 5.75 Å². The summed E-state index contributed by atoms with van der Waals surface area (Å²) in [5, 5.41) is 0. The highest BCUT2D eigenvalue weighted by Gasteiger charge is 2.31. The minimum atomic E-state index is 0.302. The van der Waals surface area contributed by atoms with Crippen LogP contribution in [0.3, 0.4) is 0 Å². The summed E-state index contributed by atoms with van der Waals surface area (Å²) < 4.78 is 6.19. The molecule has 2 aromatic carbocycles.